The summed E-state index contributed by atoms with van der Waals surface area (Å²) in [6.45, 7) is -0.984. The van der Waals surface area contributed by atoms with E-state index in [-0.39, 0.29) is 0 Å². The van der Waals surface area contributed by atoms with Gasteiger partial charge in [-0.2, -0.15) is 4.31 Å². The van der Waals surface area contributed by atoms with Gasteiger partial charge in [-0.1, -0.05) is 6.07 Å². The van der Waals surface area contributed by atoms with Gasteiger partial charge in [0.2, 0.25) is 20.0 Å². The maximum atomic E-state index is 12.2. The number of primary sulfonamides is 1. The Morgan fingerprint density at radius 1 is 1.21 bits per heavy atom. The van der Waals surface area contributed by atoms with Crippen LogP contribution in [0.4, 0.5) is 8.78 Å². The fraction of sp³-hybridized carbons (Fsp3) is 0.333. The Hall–Kier alpha value is -1.10. The van der Waals surface area contributed by atoms with Crippen molar-refractivity contribution in [1.29, 1.82) is 0 Å². The van der Waals surface area contributed by atoms with E-state index in [1.807, 2.05) is 0 Å². The summed E-state index contributed by atoms with van der Waals surface area (Å²) in [5, 5.41) is 4.87. The largest absolute Gasteiger partial charge is 0.252 e. The van der Waals surface area contributed by atoms with E-state index in [1.165, 1.54) is 6.07 Å². The number of halogens is 2. The highest BCUT2D eigenvalue weighted by Gasteiger charge is 2.24. The summed E-state index contributed by atoms with van der Waals surface area (Å²) >= 11 is 0. The van der Waals surface area contributed by atoms with E-state index < -0.39 is 42.8 Å². The molecule has 0 aliphatic heterocycles. The van der Waals surface area contributed by atoms with Crippen LogP contribution in [-0.2, 0) is 20.0 Å². The zero-order valence-electron chi connectivity index (χ0n) is 9.82. The van der Waals surface area contributed by atoms with Crippen LogP contribution in [0.1, 0.15) is 0 Å². The minimum absolute atomic E-state index is 0.404. The first kappa shape index (κ1) is 16.0. The summed E-state index contributed by atoms with van der Waals surface area (Å²) in [5.74, 6) is 0. The minimum atomic E-state index is -4.18. The number of nitrogens with two attached hydrogens (primary N) is 1. The van der Waals surface area contributed by atoms with Crippen LogP contribution >= 0.6 is 0 Å². The van der Waals surface area contributed by atoms with Crippen molar-refractivity contribution in [2.75, 3.05) is 13.6 Å². The van der Waals surface area contributed by atoms with Gasteiger partial charge in [-0.05, 0) is 18.2 Å². The molecule has 0 heterocycles. The second-order valence-electron chi connectivity index (χ2n) is 3.70. The number of nitrogens with zero attached hydrogens (tertiary/aromatic N) is 1. The average Bonchev–Trinajstić information content (AvgIpc) is 2.27. The number of alkyl halides is 2. The van der Waals surface area contributed by atoms with Crippen LogP contribution in [0, 0.1) is 0 Å². The number of benzene rings is 1. The summed E-state index contributed by atoms with van der Waals surface area (Å²) in [7, 11) is -7.27. The Kier molecular flexibility index (Phi) is 4.61. The number of hydrogen-bond donors (Lipinski definition) is 1. The molecule has 1 rings (SSSR count). The lowest BCUT2D eigenvalue weighted by atomic mass is 10.4. The van der Waals surface area contributed by atoms with E-state index in [2.05, 4.69) is 0 Å². The van der Waals surface area contributed by atoms with Gasteiger partial charge in [-0.3, -0.25) is 0 Å². The molecule has 0 saturated carbocycles. The van der Waals surface area contributed by atoms with E-state index >= 15 is 0 Å². The summed E-state index contributed by atoms with van der Waals surface area (Å²) in [6, 6.07) is 4.21. The van der Waals surface area contributed by atoms with Gasteiger partial charge in [0, 0.05) is 7.05 Å². The van der Waals surface area contributed by atoms with Gasteiger partial charge in [-0.25, -0.2) is 30.8 Å². The van der Waals surface area contributed by atoms with Crippen molar-refractivity contribution >= 4 is 20.0 Å². The molecule has 6 nitrogen and oxygen atoms in total. The Morgan fingerprint density at radius 3 is 2.21 bits per heavy atom. The van der Waals surface area contributed by atoms with Gasteiger partial charge >= 0.3 is 0 Å². The number of rotatable bonds is 5. The van der Waals surface area contributed by atoms with Gasteiger partial charge in [0.25, 0.3) is 6.43 Å². The van der Waals surface area contributed by atoms with Crippen molar-refractivity contribution in [2.45, 2.75) is 16.2 Å². The van der Waals surface area contributed by atoms with Crippen LogP contribution in [0.5, 0.6) is 0 Å². The molecule has 10 heteroatoms. The van der Waals surface area contributed by atoms with E-state index in [4.69, 9.17) is 5.14 Å². The third kappa shape index (κ3) is 3.93. The highest BCUT2D eigenvalue weighted by atomic mass is 32.2. The molecule has 1 aromatic rings. The highest BCUT2D eigenvalue weighted by Crippen LogP contribution is 2.18. The van der Waals surface area contributed by atoms with Crippen LogP contribution in [-0.4, -0.2) is 41.2 Å². The first-order valence-electron chi connectivity index (χ1n) is 4.92. The Balaban J connectivity index is 3.23. The predicted molar refractivity (Wildman–Crippen MR) is 63.6 cm³/mol. The second kappa shape index (κ2) is 5.49. The molecule has 0 unspecified atom stereocenters. The minimum Gasteiger partial charge on any atom is -0.225 e. The maximum Gasteiger partial charge on any atom is 0.252 e. The van der Waals surface area contributed by atoms with E-state index in [0.29, 0.717) is 4.31 Å². The molecule has 0 amide bonds. The summed E-state index contributed by atoms with van der Waals surface area (Å²) in [6.07, 6.45) is -2.83. The van der Waals surface area contributed by atoms with Crippen molar-refractivity contribution in [2.24, 2.45) is 5.14 Å². The van der Waals surface area contributed by atoms with Crippen LogP contribution in [0.3, 0.4) is 0 Å². The zero-order valence-corrected chi connectivity index (χ0v) is 11.5. The molecule has 0 atom stereocenters. The van der Waals surface area contributed by atoms with Crippen molar-refractivity contribution < 1.29 is 25.6 Å². The predicted octanol–water partition coefficient (Wildman–Crippen LogP) is 0.220. The summed E-state index contributed by atoms with van der Waals surface area (Å²) in [5.41, 5.74) is 0. The second-order valence-corrected chi connectivity index (χ2v) is 7.30. The van der Waals surface area contributed by atoms with Crippen LogP contribution in [0.15, 0.2) is 34.1 Å². The van der Waals surface area contributed by atoms with E-state index in [1.54, 1.807) is 0 Å². The first-order chi connectivity index (χ1) is 8.55. The topological polar surface area (TPSA) is 97.5 Å². The Labute approximate surface area is 109 Å². The number of hydrogen-bond acceptors (Lipinski definition) is 4. The van der Waals surface area contributed by atoms with Crippen molar-refractivity contribution in [3.8, 4) is 0 Å². The van der Waals surface area contributed by atoms with Gasteiger partial charge in [-0.15, -0.1) is 0 Å². The average molecular weight is 314 g/mol. The molecular formula is C9H12F2N2O4S2. The molecule has 0 bridgehead atoms. The van der Waals surface area contributed by atoms with Crippen molar-refractivity contribution in [1.82, 2.24) is 4.31 Å². The SMILES string of the molecule is CN(CC(F)F)S(=O)(=O)c1cccc(S(N)(=O)=O)c1. The van der Waals surface area contributed by atoms with Crippen LogP contribution in [0.2, 0.25) is 0 Å². The lowest BCUT2D eigenvalue weighted by Crippen LogP contribution is -2.31. The van der Waals surface area contributed by atoms with Gasteiger partial charge < -0.3 is 0 Å². The lowest BCUT2D eigenvalue weighted by molar-refractivity contribution is 0.126. The van der Waals surface area contributed by atoms with Crippen LogP contribution < -0.4 is 5.14 Å². The maximum absolute atomic E-state index is 12.2. The number of sulfonamides is 2. The van der Waals surface area contributed by atoms with Crippen molar-refractivity contribution in [3.05, 3.63) is 24.3 Å². The fourth-order valence-corrected chi connectivity index (χ4v) is 3.11. The summed E-state index contributed by atoms with van der Waals surface area (Å²) in [4.78, 5) is -0.818. The van der Waals surface area contributed by atoms with Crippen LogP contribution in [0.25, 0.3) is 0 Å². The molecule has 19 heavy (non-hydrogen) atoms. The molecule has 0 saturated heterocycles. The van der Waals surface area contributed by atoms with Gasteiger partial charge in [0.1, 0.15) is 0 Å². The third-order valence-corrected chi connectivity index (χ3v) is 4.97. The highest BCUT2D eigenvalue weighted by molar-refractivity contribution is 7.90. The summed E-state index contributed by atoms with van der Waals surface area (Å²) < 4.78 is 70.8. The Morgan fingerprint density at radius 2 is 1.74 bits per heavy atom. The molecule has 2 N–H and O–H groups in total. The van der Waals surface area contributed by atoms with E-state index in [0.717, 1.165) is 25.2 Å². The fourth-order valence-electron chi connectivity index (χ4n) is 1.28. The monoisotopic (exact) mass is 314 g/mol. The first-order valence-corrected chi connectivity index (χ1v) is 7.91. The van der Waals surface area contributed by atoms with E-state index in [9.17, 15) is 25.6 Å². The normalized spacial score (nSPS) is 13.2. The van der Waals surface area contributed by atoms with Crippen molar-refractivity contribution in [3.63, 3.8) is 0 Å². The smallest absolute Gasteiger partial charge is 0.225 e. The zero-order chi connectivity index (χ0) is 14.8. The molecular weight excluding hydrogens is 302 g/mol. The molecule has 0 radical (unpaired) electrons. The molecule has 0 aliphatic carbocycles. The standard InChI is InChI=1S/C9H12F2N2O4S2/c1-13(6-9(10)11)19(16,17)8-4-2-3-7(5-8)18(12,14)15/h2-5,9H,6H2,1H3,(H2,12,14,15). The molecule has 0 aromatic heterocycles. The third-order valence-electron chi connectivity index (χ3n) is 2.24. The quantitative estimate of drug-likeness (QED) is 0.840. The lowest BCUT2D eigenvalue weighted by Gasteiger charge is -2.16. The molecule has 0 spiro atoms. The molecule has 108 valence electrons. The van der Waals surface area contributed by atoms with Gasteiger partial charge in [0.05, 0.1) is 16.3 Å². The molecule has 0 fully saturated rings. The molecule has 0 aliphatic rings. The molecule has 1 aromatic carbocycles. The van der Waals surface area contributed by atoms with Gasteiger partial charge in [0.15, 0.2) is 0 Å². The Bertz CT molecular complexity index is 659.